The predicted octanol–water partition coefficient (Wildman–Crippen LogP) is 5.04. The largest absolute Gasteiger partial charge is 0.463 e. The van der Waals surface area contributed by atoms with E-state index in [1.54, 1.807) is 0 Å². The standard InChI is InChI=1S/C22H44O5/c1-2-3-4-5-6-7-8-9-10-11-12-13-14-15-22(24)27-21-20-26-19-18-25-17-16-23/h23H,2-21H2,1H3. The number of carbonyl (C=O) groups excluding carboxylic acids is 1. The molecule has 1 N–H and O–H groups in total. The molecule has 0 spiro atoms. The number of unbranched alkanes of at least 4 members (excludes halogenated alkanes) is 12. The predicted molar refractivity (Wildman–Crippen MR) is 110 cm³/mol. The monoisotopic (exact) mass is 388 g/mol. The van der Waals surface area contributed by atoms with Gasteiger partial charge in [0.2, 0.25) is 0 Å². The van der Waals surface area contributed by atoms with Gasteiger partial charge in [0.25, 0.3) is 0 Å². The third kappa shape index (κ3) is 23.3. The Morgan fingerprint density at radius 3 is 1.59 bits per heavy atom. The van der Waals surface area contributed by atoms with Crippen molar-refractivity contribution >= 4 is 5.97 Å². The van der Waals surface area contributed by atoms with Crippen molar-refractivity contribution in [2.24, 2.45) is 0 Å². The van der Waals surface area contributed by atoms with Gasteiger partial charge in [-0.15, -0.1) is 0 Å². The van der Waals surface area contributed by atoms with E-state index >= 15 is 0 Å². The normalized spacial score (nSPS) is 11.0. The number of hydrogen-bond acceptors (Lipinski definition) is 5. The number of ether oxygens (including phenoxy) is 3. The first-order chi connectivity index (χ1) is 13.3. The van der Waals surface area contributed by atoms with Gasteiger partial charge in [-0.2, -0.15) is 0 Å². The quantitative estimate of drug-likeness (QED) is 0.208. The average molecular weight is 389 g/mol. The summed E-state index contributed by atoms with van der Waals surface area (Å²) in [5, 5.41) is 8.54. The molecule has 0 saturated heterocycles. The second-order valence-corrected chi connectivity index (χ2v) is 7.16. The molecule has 5 nitrogen and oxygen atoms in total. The van der Waals surface area contributed by atoms with E-state index in [0.717, 1.165) is 12.8 Å². The van der Waals surface area contributed by atoms with Gasteiger partial charge in [-0.25, -0.2) is 0 Å². The van der Waals surface area contributed by atoms with Gasteiger partial charge in [-0.3, -0.25) is 4.79 Å². The van der Waals surface area contributed by atoms with E-state index in [2.05, 4.69) is 6.92 Å². The first-order valence-electron chi connectivity index (χ1n) is 11.2. The van der Waals surface area contributed by atoms with Crippen molar-refractivity contribution in [1.82, 2.24) is 0 Å². The summed E-state index contributed by atoms with van der Waals surface area (Å²) in [6.07, 6.45) is 17.5. The third-order valence-corrected chi connectivity index (χ3v) is 4.58. The van der Waals surface area contributed by atoms with Crippen LogP contribution in [0.3, 0.4) is 0 Å². The Hall–Kier alpha value is -0.650. The smallest absolute Gasteiger partial charge is 0.305 e. The number of rotatable bonds is 22. The highest BCUT2D eigenvalue weighted by atomic mass is 16.6. The van der Waals surface area contributed by atoms with Crippen LogP contribution in [0.25, 0.3) is 0 Å². The van der Waals surface area contributed by atoms with Gasteiger partial charge in [0, 0.05) is 6.42 Å². The van der Waals surface area contributed by atoms with E-state index in [1.165, 1.54) is 70.6 Å². The molecule has 0 amide bonds. The first-order valence-corrected chi connectivity index (χ1v) is 11.2. The lowest BCUT2D eigenvalue weighted by Gasteiger charge is -2.06. The van der Waals surface area contributed by atoms with Crippen LogP contribution in [-0.2, 0) is 19.0 Å². The molecule has 0 aliphatic heterocycles. The zero-order valence-electron chi connectivity index (χ0n) is 17.7. The Morgan fingerprint density at radius 2 is 1.07 bits per heavy atom. The maximum absolute atomic E-state index is 11.6. The van der Waals surface area contributed by atoms with Gasteiger partial charge in [-0.05, 0) is 6.42 Å². The van der Waals surface area contributed by atoms with Crippen LogP contribution < -0.4 is 0 Å². The van der Waals surface area contributed by atoms with Gasteiger partial charge in [0.15, 0.2) is 0 Å². The summed E-state index contributed by atoms with van der Waals surface area (Å²) in [6.45, 7) is 4.22. The lowest BCUT2D eigenvalue weighted by Crippen LogP contribution is -2.13. The van der Waals surface area contributed by atoms with Gasteiger partial charge >= 0.3 is 5.97 Å². The summed E-state index contributed by atoms with van der Waals surface area (Å²) in [7, 11) is 0. The minimum atomic E-state index is -0.127. The summed E-state index contributed by atoms with van der Waals surface area (Å²) in [4.78, 5) is 11.6. The fourth-order valence-corrected chi connectivity index (χ4v) is 2.96. The van der Waals surface area contributed by atoms with Gasteiger partial charge in [0.05, 0.1) is 33.0 Å². The Kier molecular flexibility index (Phi) is 22.8. The highest BCUT2D eigenvalue weighted by Crippen LogP contribution is 2.13. The van der Waals surface area contributed by atoms with Crippen LogP contribution in [0.2, 0.25) is 0 Å². The highest BCUT2D eigenvalue weighted by molar-refractivity contribution is 5.69. The number of hydrogen-bond donors (Lipinski definition) is 1. The van der Waals surface area contributed by atoms with Crippen molar-refractivity contribution in [3.05, 3.63) is 0 Å². The number of aliphatic hydroxyl groups is 1. The van der Waals surface area contributed by atoms with E-state index in [9.17, 15) is 4.79 Å². The van der Waals surface area contributed by atoms with Gasteiger partial charge < -0.3 is 19.3 Å². The molecule has 0 fully saturated rings. The van der Waals surface area contributed by atoms with E-state index in [0.29, 0.717) is 39.5 Å². The van der Waals surface area contributed by atoms with Gasteiger partial charge in [0.1, 0.15) is 6.61 Å². The second-order valence-electron chi connectivity index (χ2n) is 7.16. The van der Waals surface area contributed by atoms with Crippen molar-refractivity contribution < 1.29 is 24.1 Å². The van der Waals surface area contributed by atoms with Crippen molar-refractivity contribution in [3.63, 3.8) is 0 Å². The molecule has 0 rings (SSSR count). The van der Waals surface area contributed by atoms with Crippen LogP contribution in [0, 0.1) is 0 Å². The fourth-order valence-electron chi connectivity index (χ4n) is 2.96. The van der Waals surface area contributed by atoms with Crippen LogP contribution in [0.1, 0.15) is 96.8 Å². The molecule has 162 valence electrons. The minimum Gasteiger partial charge on any atom is -0.463 e. The molecule has 0 aromatic carbocycles. The first kappa shape index (κ1) is 26.4. The Balaban J connectivity index is 3.12. The minimum absolute atomic E-state index is 0.0246. The Morgan fingerprint density at radius 1 is 0.630 bits per heavy atom. The van der Waals surface area contributed by atoms with Crippen LogP contribution >= 0.6 is 0 Å². The number of carbonyl (C=O) groups is 1. The summed E-state index contributed by atoms with van der Waals surface area (Å²) in [5.41, 5.74) is 0. The highest BCUT2D eigenvalue weighted by Gasteiger charge is 2.02. The molecular weight excluding hydrogens is 344 g/mol. The van der Waals surface area contributed by atoms with Crippen molar-refractivity contribution in [1.29, 1.82) is 0 Å². The molecule has 5 heteroatoms. The molecule has 0 aromatic heterocycles. The lowest BCUT2D eigenvalue weighted by atomic mass is 10.0. The van der Waals surface area contributed by atoms with E-state index in [-0.39, 0.29) is 12.6 Å². The average Bonchev–Trinajstić information content (AvgIpc) is 2.67. The molecule has 0 saturated carbocycles. The summed E-state index contributed by atoms with van der Waals surface area (Å²) in [6, 6.07) is 0. The maximum atomic E-state index is 11.6. The summed E-state index contributed by atoms with van der Waals surface area (Å²) in [5.74, 6) is -0.127. The van der Waals surface area contributed by atoms with Gasteiger partial charge in [-0.1, -0.05) is 84.0 Å². The fraction of sp³-hybridized carbons (Fsp3) is 0.955. The molecule has 0 aliphatic carbocycles. The van der Waals surface area contributed by atoms with E-state index in [1.807, 2.05) is 0 Å². The summed E-state index contributed by atoms with van der Waals surface area (Å²) < 4.78 is 15.5. The molecule has 27 heavy (non-hydrogen) atoms. The van der Waals surface area contributed by atoms with Crippen molar-refractivity contribution in [3.8, 4) is 0 Å². The Labute approximate surface area is 167 Å². The molecule has 0 aromatic rings. The van der Waals surface area contributed by atoms with E-state index in [4.69, 9.17) is 19.3 Å². The molecule has 0 heterocycles. The van der Waals surface area contributed by atoms with Crippen LogP contribution in [0.5, 0.6) is 0 Å². The molecule has 0 atom stereocenters. The van der Waals surface area contributed by atoms with Crippen LogP contribution in [-0.4, -0.2) is 50.7 Å². The zero-order valence-corrected chi connectivity index (χ0v) is 17.7. The molecular formula is C22H44O5. The van der Waals surface area contributed by atoms with Crippen molar-refractivity contribution in [2.75, 3.05) is 39.6 Å². The molecule has 0 radical (unpaired) electrons. The lowest BCUT2D eigenvalue weighted by molar-refractivity contribution is -0.145. The second kappa shape index (κ2) is 23.4. The van der Waals surface area contributed by atoms with Crippen molar-refractivity contribution in [2.45, 2.75) is 96.8 Å². The maximum Gasteiger partial charge on any atom is 0.305 e. The molecule has 0 bridgehead atoms. The topological polar surface area (TPSA) is 65.0 Å². The third-order valence-electron chi connectivity index (χ3n) is 4.58. The number of aliphatic hydroxyl groups excluding tert-OH is 1. The Bertz CT molecular complexity index is 296. The van der Waals surface area contributed by atoms with E-state index < -0.39 is 0 Å². The van der Waals surface area contributed by atoms with Crippen LogP contribution in [0.15, 0.2) is 0 Å². The van der Waals surface area contributed by atoms with Crippen LogP contribution in [0.4, 0.5) is 0 Å². The molecule has 0 unspecified atom stereocenters. The number of esters is 1. The molecule has 0 aliphatic rings. The summed E-state index contributed by atoms with van der Waals surface area (Å²) >= 11 is 0. The SMILES string of the molecule is CCCCCCCCCCCCCCCC(=O)OCCOCCOCCO. The zero-order chi connectivity index (χ0) is 19.8.